The number of anilines is 6. The Labute approximate surface area is 564 Å². The fraction of sp³-hybridized carbons (Fsp3) is 0.0345. The van der Waals surface area contributed by atoms with Gasteiger partial charge in [-0.1, -0.05) is 232 Å². The second-order valence-corrected chi connectivity index (χ2v) is 24.3. The maximum atomic E-state index is 17.1. The Balaban J connectivity index is 0.926. The molecule has 99 heavy (non-hydrogen) atoms. The molecule has 13 aromatic rings. The molecule has 0 heterocycles. The number of halogens is 10. The minimum absolute atomic E-state index is 0.211. The van der Waals surface area contributed by atoms with Crippen LogP contribution in [0.15, 0.2) is 286 Å². The predicted octanol–water partition coefficient (Wildman–Crippen LogP) is 24.5. The lowest BCUT2D eigenvalue weighted by molar-refractivity contribution is 0.363. The Morgan fingerprint density at radius 2 is 0.667 bits per heavy atom. The van der Waals surface area contributed by atoms with Crippen LogP contribution in [0.25, 0.3) is 61.5 Å². The summed E-state index contributed by atoms with van der Waals surface area (Å²) in [5, 5.41) is 3.15. The van der Waals surface area contributed by atoms with Crippen LogP contribution in [0.4, 0.5) is 78.0 Å². The van der Waals surface area contributed by atoms with Gasteiger partial charge in [0.05, 0.1) is 22.2 Å². The van der Waals surface area contributed by atoms with Gasteiger partial charge >= 0.3 is 0 Å². The third-order valence-electron chi connectivity index (χ3n) is 19.4. The van der Waals surface area contributed by atoms with Crippen molar-refractivity contribution in [3.05, 3.63) is 400 Å². The number of fused-ring (bicyclic) bond motifs is 6. The molecule has 2 atom stereocenters. The van der Waals surface area contributed by atoms with Gasteiger partial charge in [0.25, 0.3) is 0 Å². The average molecular weight is 1320 g/mol. The molecular formula is C87H54F10N2. The second kappa shape index (κ2) is 24.6. The van der Waals surface area contributed by atoms with Crippen molar-refractivity contribution >= 4 is 73.4 Å². The quantitative estimate of drug-likeness (QED) is 0.0573. The van der Waals surface area contributed by atoms with Gasteiger partial charge in [-0.2, -0.15) is 0 Å². The van der Waals surface area contributed by atoms with Crippen molar-refractivity contribution < 1.29 is 43.9 Å². The minimum Gasteiger partial charge on any atom is -0.310 e. The largest absolute Gasteiger partial charge is 0.310 e. The predicted molar refractivity (Wildman–Crippen MR) is 378 cm³/mol. The van der Waals surface area contributed by atoms with Crippen LogP contribution in [0.3, 0.4) is 0 Å². The Morgan fingerprint density at radius 1 is 0.303 bits per heavy atom. The van der Waals surface area contributed by atoms with Gasteiger partial charge in [-0.15, -0.1) is 0 Å². The SMILES string of the molecule is C=CC1=C(/C=C\C)C(c2ccc(C=C)cc2)(c2c(F)c(F)c(F)c(F)c2F)c2cc(N(c3ccccc3)c3ccc(-c4ccc(N(c5ccccc5)c5ccc6c(c5)C(c5ccc(C=C)cc5)(c5c(F)c(F)c(F)c(F)c5F)c5ccccc5-6)c5ccccc45)c4ccccc34)ccc21. The molecule has 0 amide bonds. The summed E-state index contributed by atoms with van der Waals surface area (Å²) in [6, 6.07) is 73.4. The van der Waals surface area contributed by atoms with Crippen LogP contribution in [0.2, 0.25) is 0 Å². The summed E-state index contributed by atoms with van der Waals surface area (Å²) in [7, 11) is 0. The van der Waals surface area contributed by atoms with Crippen molar-refractivity contribution in [2.75, 3.05) is 9.80 Å². The molecule has 0 aliphatic heterocycles. The minimum atomic E-state index is -2.29. The summed E-state index contributed by atoms with van der Waals surface area (Å²) in [5.41, 5.74) is 3.62. The molecule has 0 fully saturated rings. The first-order chi connectivity index (χ1) is 48.1. The molecule has 13 aromatic carbocycles. The van der Waals surface area contributed by atoms with Crippen LogP contribution in [0, 0.1) is 58.2 Å². The van der Waals surface area contributed by atoms with E-state index in [1.165, 1.54) is 6.08 Å². The number of rotatable bonds is 15. The highest BCUT2D eigenvalue weighted by molar-refractivity contribution is 6.13. The van der Waals surface area contributed by atoms with Crippen molar-refractivity contribution in [3.8, 4) is 22.3 Å². The number of para-hydroxylation sites is 2. The van der Waals surface area contributed by atoms with Crippen LogP contribution in [-0.2, 0) is 10.8 Å². The first kappa shape index (κ1) is 63.1. The molecule has 2 aliphatic rings. The molecule has 0 N–H and O–H groups in total. The van der Waals surface area contributed by atoms with Crippen molar-refractivity contribution in [1.29, 1.82) is 0 Å². The van der Waals surface area contributed by atoms with E-state index < -0.39 is 80.1 Å². The standard InChI is InChI=1S/C87H54F10N2/c1-5-21-68-58(8-4)64-42-40-56(48-70(64)86(68,52-36-32-50(6-2)33-37-52)74-76(88)80(92)84(96)81(93)77(74)89)98(54-22-11-9-12-23-54)72-46-44-61(59-26-15-17-29-66(59)72)62-45-47-73(67-30-18-16-27-60(62)67)99(55-24-13-10-14-25-55)57-41-43-65-63-28-19-20-31-69(63)87(71(65)49-57,53-38-34-51(7-3)35-39-53)75-78(90)82(94)85(97)83(95)79(75)91/h5-49H,2-4H2,1H3/b21-5-. The van der Waals surface area contributed by atoms with Gasteiger partial charge < -0.3 is 9.80 Å². The van der Waals surface area contributed by atoms with E-state index in [2.05, 4.69) is 19.7 Å². The van der Waals surface area contributed by atoms with Crippen LogP contribution >= 0.6 is 0 Å². The van der Waals surface area contributed by atoms with Gasteiger partial charge in [0, 0.05) is 44.6 Å². The van der Waals surface area contributed by atoms with Crippen LogP contribution in [-0.4, -0.2) is 0 Å². The Bertz CT molecular complexity index is 5530. The molecule has 0 bridgehead atoms. The highest BCUT2D eigenvalue weighted by Gasteiger charge is 2.53. The lowest BCUT2D eigenvalue weighted by Gasteiger charge is -2.36. The zero-order valence-electron chi connectivity index (χ0n) is 52.8. The summed E-state index contributed by atoms with van der Waals surface area (Å²) in [6.45, 7) is 13.6. The van der Waals surface area contributed by atoms with Gasteiger partial charge in [0.15, 0.2) is 46.5 Å². The van der Waals surface area contributed by atoms with E-state index >= 15 is 43.9 Å². The average Bonchev–Trinajstić information content (AvgIpc) is 1.58. The second-order valence-electron chi connectivity index (χ2n) is 24.3. The summed E-state index contributed by atoms with van der Waals surface area (Å²) in [4.78, 5) is 3.99. The summed E-state index contributed by atoms with van der Waals surface area (Å²) >= 11 is 0. The van der Waals surface area contributed by atoms with E-state index in [-0.39, 0.29) is 27.8 Å². The Morgan fingerprint density at radius 3 is 1.11 bits per heavy atom. The topological polar surface area (TPSA) is 6.48 Å². The normalized spacial score (nSPS) is 15.3. The Hall–Kier alpha value is -12.0. The van der Waals surface area contributed by atoms with E-state index in [4.69, 9.17) is 0 Å². The molecule has 2 unspecified atom stereocenters. The third-order valence-corrected chi connectivity index (χ3v) is 19.4. The fourth-order valence-corrected chi connectivity index (χ4v) is 15.2. The van der Waals surface area contributed by atoms with Crippen LogP contribution in [0.1, 0.15) is 62.6 Å². The fourth-order valence-electron chi connectivity index (χ4n) is 15.2. The number of hydrogen-bond donors (Lipinski definition) is 0. The lowest BCUT2D eigenvalue weighted by atomic mass is 9.66. The molecule has 2 nitrogen and oxygen atoms in total. The van der Waals surface area contributed by atoms with E-state index in [9.17, 15) is 0 Å². The van der Waals surface area contributed by atoms with Gasteiger partial charge in [-0.3, -0.25) is 0 Å². The summed E-state index contributed by atoms with van der Waals surface area (Å²) in [5.74, 6) is -20.8. The molecule has 0 saturated heterocycles. The van der Waals surface area contributed by atoms with Gasteiger partial charge in [0.1, 0.15) is 0 Å². The molecule has 482 valence electrons. The first-order valence-electron chi connectivity index (χ1n) is 31.8. The molecule has 0 radical (unpaired) electrons. The lowest BCUT2D eigenvalue weighted by Crippen LogP contribution is -2.33. The zero-order chi connectivity index (χ0) is 68.8. The molecule has 15 rings (SSSR count). The van der Waals surface area contributed by atoms with Gasteiger partial charge in [-0.25, -0.2) is 43.9 Å². The monoisotopic (exact) mass is 1320 g/mol. The highest BCUT2D eigenvalue weighted by Crippen LogP contribution is 2.61. The van der Waals surface area contributed by atoms with E-state index in [0.717, 1.165) is 32.7 Å². The maximum Gasteiger partial charge on any atom is 0.200 e. The highest BCUT2D eigenvalue weighted by atomic mass is 19.2. The number of allylic oxidation sites excluding steroid dienone is 5. The van der Waals surface area contributed by atoms with E-state index in [0.29, 0.717) is 73.1 Å². The molecule has 0 saturated carbocycles. The molecule has 0 spiro atoms. The number of hydrogen-bond acceptors (Lipinski definition) is 2. The zero-order valence-corrected chi connectivity index (χ0v) is 52.8. The first-order valence-corrected chi connectivity index (χ1v) is 31.8. The Kier molecular flexibility index (Phi) is 15.6. The van der Waals surface area contributed by atoms with E-state index in [1.54, 1.807) is 122 Å². The van der Waals surface area contributed by atoms with Gasteiger partial charge in [0.2, 0.25) is 11.6 Å². The molecular weight excluding hydrogens is 1260 g/mol. The van der Waals surface area contributed by atoms with E-state index in [1.807, 2.05) is 161 Å². The summed E-state index contributed by atoms with van der Waals surface area (Å²) < 4.78 is 163. The molecule has 0 aromatic heterocycles. The summed E-state index contributed by atoms with van der Waals surface area (Å²) in [6.07, 6.45) is 7.96. The third kappa shape index (κ3) is 9.40. The molecule has 12 heteroatoms. The number of benzene rings is 13. The maximum absolute atomic E-state index is 17.1. The van der Waals surface area contributed by atoms with Crippen LogP contribution < -0.4 is 9.80 Å². The number of nitrogens with zero attached hydrogens (tertiary/aromatic N) is 2. The molecule has 2 aliphatic carbocycles. The van der Waals surface area contributed by atoms with Crippen molar-refractivity contribution in [2.45, 2.75) is 17.8 Å². The van der Waals surface area contributed by atoms with Crippen molar-refractivity contribution in [1.82, 2.24) is 0 Å². The van der Waals surface area contributed by atoms with Crippen molar-refractivity contribution in [2.24, 2.45) is 0 Å². The van der Waals surface area contributed by atoms with Crippen LogP contribution in [0.5, 0.6) is 0 Å². The van der Waals surface area contributed by atoms with Crippen molar-refractivity contribution in [3.63, 3.8) is 0 Å². The van der Waals surface area contributed by atoms with Gasteiger partial charge in [-0.05, 0) is 156 Å². The smallest absolute Gasteiger partial charge is 0.200 e.